The molecular formula is C14H27N3O. The molecule has 4 heteroatoms. The lowest BCUT2D eigenvalue weighted by atomic mass is 9.76. The maximum Gasteiger partial charge on any atom is 0.238 e. The first kappa shape index (κ1) is 13.8. The normalized spacial score (nSPS) is 27.1. The van der Waals surface area contributed by atoms with Crippen LogP contribution in [-0.4, -0.2) is 29.9 Å². The number of carbonyl (C=O) groups excluding carboxylic acids is 1. The molecule has 1 aliphatic carbocycles. The molecule has 0 radical (unpaired) electrons. The number of rotatable bonds is 3. The van der Waals surface area contributed by atoms with E-state index in [4.69, 9.17) is 5.84 Å². The van der Waals surface area contributed by atoms with Crippen LogP contribution in [0.25, 0.3) is 0 Å². The largest absolute Gasteiger partial charge is 0.300 e. The molecule has 2 atom stereocenters. The lowest BCUT2D eigenvalue weighted by molar-refractivity contribution is -0.126. The third-order valence-electron chi connectivity index (χ3n) is 5.38. The maximum absolute atomic E-state index is 11.6. The van der Waals surface area contributed by atoms with Gasteiger partial charge in [0.25, 0.3) is 0 Å². The van der Waals surface area contributed by atoms with Crippen LogP contribution in [0.1, 0.15) is 52.4 Å². The predicted octanol–water partition coefficient (Wildman–Crippen LogP) is 1.66. The van der Waals surface area contributed by atoms with E-state index >= 15 is 0 Å². The van der Waals surface area contributed by atoms with Crippen LogP contribution in [0.4, 0.5) is 0 Å². The molecule has 1 saturated carbocycles. The summed E-state index contributed by atoms with van der Waals surface area (Å²) in [7, 11) is 0. The van der Waals surface area contributed by atoms with Crippen LogP contribution in [0.5, 0.6) is 0 Å². The van der Waals surface area contributed by atoms with Crippen molar-refractivity contribution < 1.29 is 4.79 Å². The van der Waals surface area contributed by atoms with Crippen molar-refractivity contribution >= 4 is 5.91 Å². The van der Waals surface area contributed by atoms with E-state index in [-0.39, 0.29) is 17.9 Å². The number of hydrogen-bond donors (Lipinski definition) is 2. The van der Waals surface area contributed by atoms with Crippen LogP contribution < -0.4 is 11.3 Å². The van der Waals surface area contributed by atoms with Gasteiger partial charge >= 0.3 is 0 Å². The van der Waals surface area contributed by atoms with Gasteiger partial charge < -0.3 is 0 Å². The van der Waals surface area contributed by atoms with E-state index in [1.165, 1.54) is 38.5 Å². The van der Waals surface area contributed by atoms with E-state index in [1.54, 1.807) is 0 Å². The minimum Gasteiger partial charge on any atom is -0.300 e. The molecule has 18 heavy (non-hydrogen) atoms. The highest BCUT2D eigenvalue weighted by atomic mass is 16.2. The Morgan fingerprint density at radius 2 is 1.72 bits per heavy atom. The molecule has 2 aliphatic rings. The van der Waals surface area contributed by atoms with Crippen LogP contribution in [0.2, 0.25) is 0 Å². The summed E-state index contributed by atoms with van der Waals surface area (Å²) in [5.41, 5.74) is 2.92. The Hall–Kier alpha value is -0.610. The highest BCUT2D eigenvalue weighted by Gasteiger charge is 2.38. The smallest absolute Gasteiger partial charge is 0.238 e. The van der Waals surface area contributed by atoms with Gasteiger partial charge in [-0.15, -0.1) is 0 Å². The summed E-state index contributed by atoms with van der Waals surface area (Å²) in [4.78, 5) is 14.0. The molecule has 0 aromatic carbocycles. The Balaban J connectivity index is 1.87. The summed E-state index contributed by atoms with van der Waals surface area (Å²) >= 11 is 0. The van der Waals surface area contributed by atoms with Crippen molar-refractivity contribution in [1.29, 1.82) is 0 Å². The Morgan fingerprint density at radius 1 is 1.17 bits per heavy atom. The molecule has 2 rings (SSSR count). The quantitative estimate of drug-likeness (QED) is 0.457. The maximum atomic E-state index is 11.6. The van der Waals surface area contributed by atoms with Gasteiger partial charge in [0.2, 0.25) is 5.91 Å². The summed E-state index contributed by atoms with van der Waals surface area (Å²) in [6, 6.07) is 0.285. The van der Waals surface area contributed by atoms with E-state index in [0.29, 0.717) is 5.41 Å². The average molecular weight is 253 g/mol. The van der Waals surface area contributed by atoms with Crippen molar-refractivity contribution in [1.82, 2.24) is 10.3 Å². The van der Waals surface area contributed by atoms with Crippen LogP contribution in [0, 0.1) is 11.3 Å². The summed E-state index contributed by atoms with van der Waals surface area (Å²) in [5.74, 6) is 5.13. The third-order valence-corrected chi connectivity index (χ3v) is 5.38. The third kappa shape index (κ3) is 2.69. The lowest BCUT2D eigenvalue weighted by Gasteiger charge is -2.43. The molecule has 0 bridgehead atoms. The molecule has 0 aromatic heterocycles. The van der Waals surface area contributed by atoms with Gasteiger partial charge in [-0.1, -0.05) is 19.8 Å². The molecule has 1 heterocycles. The second kappa shape index (κ2) is 5.57. The number of likely N-dealkylation sites (tertiary alicyclic amines) is 1. The Bertz CT molecular complexity index is 289. The summed E-state index contributed by atoms with van der Waals surface area (Å²) < 4.78 is 0. The minimum atomic E-state index is -0.0522. The molecule has 2 fully saturated rings. The summed E-state index contributed by atoms with van der Waals surface area (Å²) in [6.07, 6.45) is 8.31. The molecule has 104 valence electrons. The van der Waals surface area contributed by atoms with E-state index in [1.807, 2.05) is 6.92 Å². The highest BCUT2D eigenvalue weighted by molar-refractivity contribution is 5.78. The topological polar surface area (TPSA) is 58.4 Å². The fourth-order valence-electron chi connectivity index (χ4n) is 3.70. The zero-order valence-corrected chi connectivity index (χ0v) is 11.7. The first-order valence-electron chi connectivity index (χ1n) is 7.32. The van der Waals surface area contributed by atoms with Crippen molar-refractivity contribution in [3.05, 3.63) is 0 Å². The van der Waals surface area contributed by atoms with Crippen LogP contribution in [0.3, 0.4) is 0 Å². The molecule has 1 aliphatic heterocycles. The zero-order chi connectivity index (χ0) is 13.2. The number of piperidine rings is 1. The van der Waals surface area contributed by atoms with Crippen molar-refractivity contribution in [2.75, 3.05) is 13.1 Å². The molecule has 4 nitrogen and oxygen atoms in total. The van der Waals surface area contributed by atoms with Gasteiger partial charge in [-0.2, -0.15) is 0 Å². The first-order chi connectivity index (χ1) is 8.58. The summed E-state index contributed by atoms with van der Waals surface area (Å²) in [6.45, 7) is 6.39. The fourth-order valence-corrected chi connectivity index (χ4v) is 3.70. The minimum absolute atomic E-state index is 0.0346. The number of nitrogens with zero attached hydrogens (tertiary/aromatic N) is 1. The number of nitrogens with two attached hydrogens (primary N) is 1. The molecule has 1 spiro atoms. The molecular weight excluding hydrogens is 226 g/mol. The van der Waals surface area contributed by atoms with Gasteiger partial charge in [0, 0.05) is 6.04 Å². The lowest BCUT2D eigenvalue weighted by Crippen LogP contribution is -2.49. The van der Waals surface area contributed by atoms with E-state index < -0.39 is 0 Å². The number of carbonyl (C=O) groups is 1. The van der Waals surface area contributed by atoms with E-state index in [0.717, 1.165) is 13.1 Å². The van der Waals surface area contributed by atoms with E-state index in [9.17, 15) is 4.79 Å². The van der Waals surface area contributed by atoms with Crippen LogP contribution >= 0.6 is 0 Å². The Kier molecular flexibility index (Phi) is 4.28. The van der Waals surface area contributed by atoms with Crippen LogP contribution in [-0.2, 0) is 4.79 Å². The van der Waals surface area contributed by atoms with Gasteiger partial charge in [0.05, 0.1) is 5.92 Å². The van der Waals surface area contributed by atoms with Crippen molar-refractivity contribution in [3.8, 4) is 0 Å². The number of hydrazine groups is 1. The summed E-state index contributed by atoms with van der Waals surface area (Å²) in [5, 5.41) is 0. The van der Waals surface area contributed by atoms with Crippen molar-refractivity contribution in [2.24, 2.45) is 17.2 Å². The van der Waals surface area contributed by atoms with Crippen molar-refractivity contribution in [3.63, 3.8) is 0 Å². The number of amides is 1. The molecule has 1 amide bonds. The Morgan fingerprint density at radius 3 is 2.22 bits per heavy atom. The van der Waals surface area contributed by atoms with Crippen molar-refractivity contribution in [2.45, 2.75) is 58.4 Å². The second-order valence-corrected chi connectivity index (χ2v) is 6.28. The molecule has 3 N–H and O–H groups in total. The molecule has 1 saturated heterocycles. The fraction of sp³-hybridized carbons (Fsp3) is 0.929. The van der Waals surface area contributed by atoms with E-state index in [2.05, 4.69) is 17.2 Å². The highest BCUT2D eigenvalue weighted by Crippen LogP contribution is 2.46. The molecule has 2 unspecified atom stereocenters. The Labute approximate surface area is 110 Å². The average Bonchev–Trinajstić information content (AvgIpc) is 2.85. The van der Waals surface area contributed by atoms with Gasteiger partial charge in [0.15, 0.2) is 0 Å². The predicted molar refractivity (Wildman–Crippen MR) is 72.7 cm³/mol. The van der Waals surface area contributed by atoms with Gasteiger partial charge in [-0.25, -0.2) is 5.84 Å². The molecule has 0 aromatic rings. The van der Waals surface area contributed by atoms with Gasteiger partial charge in [0.1, 0.15) is 0 Å². The zero-order valence-electron chi connectivity index (χ0n) is 11.7. The second-order valence-electron chi connectivity index (χ2n) is 6.28. The van der Waals surface area contributed by atoms with Crippen LogP contribution in [0.15, 0.2) is 0 Å². The number of nitrogens with one attached hydrogen (secondary N) is 1. The SMILES string of the molecule is CC(C(=O)NN)C(C)N1CCC2(CCCC2)CC1. The first-order valence-corrected chi connectivity index (χ1v) is 7.32. The standard InChI is InChI=1S/C14H27N3O/c1-11(13(18)16-15)12(2)17-9-7-14(8-10-17)5-3-4-6-14/h11-12H,3-10,15H2,1-2H3,(H,16,18). The van der Waals surface area contributed by atoms with Gasteiger partial charge in [-0.05, 0) is 51.1 Å². The monoisotopic (exact) mass is 253 g/mol. The van der Waals surface area contributed by atoms with Gasteiger partial charge in [-0.3, -0.25) is 15.1 Å². The number of hydrogen-bond acceptors (Lipinski definition) is 3.